The second-order valence-electron chi connectivity index (χ2n) is 9.90. The number of rotatable bonds is 8. The van der Waals surface area contributed by atoms with E-state index in [1.807, 2.05) is 67.6 Å². The van der Waals surface area contributed by atoms with Crippen LogP contribution in [-0.2, 0) is 27.4 Å². The van der Waals surface area contributed by atoms with E-state index in [1.54, 1.807) is 42.7 Å². The van der Waals surface area contributed by atoms with Crippen molar-refractivity contribution in [3.05, 3.63) is 126 Å². The molecule has 3 N–H and O–H groups in total. The molecule has 10 heteroatoms. The van der Waals surface area contributed by atoms with Crippen LogP contribution < -0.4 is 16.2 Å². The molecule has 0 radical (unpaired) electrons. The number of amides is 3. The maximum Gasteiger partial charge on any atom is 0.412 e. The lowest BCUT2D eigenvalue weighted by molar-refractivity contribution is -0.120. The lowest BCUT2D eigenvalue weighted by atomic mass is 10.1. The van der Waals surface area contributed by atoms with Gasteiger partial charge in [0.2, 0.25) is 11.8 Å². The predicted octanol–water partition coefficient (Wildman–Crippen LogP) is 5.23. The van der Waals surface area contributed by atoms with E-state index in [0.29, 0.717) is 17.1 Å². The normalized spacial score (nSPS) is 16.1. The van der Waals surface area contributed by atoms with E-state index in [2.05, 4.69) is 10.3 Å². The fourth-order valence-corrected chi connectivity index (χ4v) is 6.04. The van der Waals surface area contributed by atoms with Crippen LogP contribution in [0, 0.1) is 6.92 Å². The molecule has 0 bridgehead atoms. The molecule has 9 nitrogen and oxygen atoms in total. The smallest absolute Gasteiger partial charge is 0.412 e. The Morgan fingerprint density at radius 2 is 1.71 bits per heavy atom. The lowest BCUT2D eigenvalue weighted by Crippen LogP contribution is -2.45. The zero-order valence-electron chi connectivity index (χ0n) is 23.1. The van der Waals surface area contributed by atoms with Crippen molar-refractivity contribution >= 4 is 41.0 Å². The third kappa shape index (κ3) is 6.96. The number of hydrogen-bond acceptors (Lipinski definition) is 7. The molecule has 3 aromatic carbocycles. The summed E-state index contributed by atoms with van der Waals surface area (Å²) < 4.78 is 5.64. The van der Waals surface area contributed by atoms with Crippen LogP contribution in [0.2, 0.25) is 0 Å². The third-order valence-electron chi connectivity index (χ3n) is 6.84. The molecular weight excluding hydrogens is 550 g/mol. The quantitative estimate of drug-likeness (QED) is 0.166. The minimum atomic E-state index is -0.752. The van der Waals surface area contributed by atoms with E-state index in [1.165, 1.54) is 16.7 Å². The number of nitrogens with two attached hydrogens (primary N) is 1. The number of carbonyl (C=O) groups is 3. The number of benzene rings is 3. The molecule has 3 amide bonds. The molecule has 5 rings (SSSR count). The standard InChI is InChI=1S/C32H31N5O4S/c1-22-6-5-9-27(18-22)37(33)29(38)19-23-10-12-26(13-11-23)35-30(39)28-21-42-31(25-14-16-34-17-15-25)36(28)32(40)41-20-24-7-3-2-4-8-24/h2-18,28,31H,19-21,33H2,1H3,(H,35,39). The number of pyridine rings is 1. The number of ether oxygens (including phenoxy) is 1. The van der Waals surface area contributed by atoms with E-state index in [4.69, 9.17) is 10.6 Å². The van der Waals surface area contributed by atoms with Gasteiger partial charge in [0, 0.05) is 23.8 Å². The number of nitrogens with zero attached hydrogens (tertiary/aromatic N) is 3. The molecule has 1 aliphatic heterocycles. The van der Waals surface area contributed by atoms with Gasteiger partial charge in [0.05, 0.1) is 12.1 Å². The Morgan fingerprint density at radius 1 is 0.976 bits per heavy atom. The number of aromatic nitrogens is 1. The highest BCUT2D eigenvalue weighted by Gasteiger charge is 2.43. The Labute approximate surface area is 248 Å². The summed E-state index contributed by atoms with van der Waals surface area (Å²) in [7, 11) is 0. The minimum absolute atomic E-state index is 0.0997. The first kappa shape index (κ1) is 28.8. The number of thioether (sulfide) groups is 1. The van der Waals surface area contributed by atoms with Crippen LogP contribution in [0.3, 0.4) is 0 Å². The van der Waals surface area contributed by atoms with Crippen LogP contribution >= 0.6 is 11.8 Å². The van der Waals surface area contributed by atoms with Crippen molar-refractivity contribution in [1.82, 2.24) is 9.88 Å². The first-order valence-electron chi connectivity index (χ1n) is 13.4. The molecule has 2 atom stereocenters. The van der Waals surface area contributed by atoms with Gasteiger partial charge in [-0.1, -0.05) is 54.6 Å². The third-order valence-corrected chi connectivity index (χ3v) is 8.16. The molecule has 1 fully saturated rings. The second kappa shape index (κ2) is 13.3. The SMILES string of the molecule is Cc1cccc(N(N)C(=O)Cc2ccc(NC(=O)C3CSC(c4ccncc4)N3C(=O)OCc3ccccc3)cc2)c1. The summed E-state index contributed by atoms with van der Waals surface area (Å²) in [6, 6.07) is 26.7. The minimum Gasteiger partial charge on any atom is -0.444 e. The van der Waals surface area contributed by atoms with Crippen LogP contribution in [-0.4, -0.2) is 39.6 Å². The van der Waals surface area contributed by atoms with Gasteiger partial charge in [-0.2, -0.15) is 0 Å². The van der Waals surface area contributed by atoms with Crippen LogP contribution in [0.15, 0.2) is 103 Å². The van der Waals surface area contributed by atoms with E-state index in [0.717, 1.165) is 27.3 Å². The van der Waals surface area contributed by atoms with Gasteiger partial charge in [-0.3, -0.25) is 19.5 Å². The number of hydrogen-bond donors (Lipinski definition) is 2. The van der Waals surface area contributed by atoms with Crippen LogP contribution in [0.25, 0.3) is 0 Å². The van der Waals surface area contributed by atoms with Crippen molar-refractivity contribution in [1.29, 1.82) is 0 Å². The maximum atomic E-state index is 13.5. The van der Waals surface area contributed by atoms with Crippen molar-refractivity contribution < 1.29 is 19.1 Å². The first-order chi connectivity index (χ1) is 20.4. The van der Waals surface area contributed by atoms with Crippen LogP contribution in [0.4, 0.5) is 16.2 Å². The molecule has 42 heavy (non-hydrogen) atoms. The largest absolute Gasteiger partial charge is 0.444 e. The summed E-state index contributed by atoms with van der Waals surface area (Å²) in [4.78, 5) is 45.1. The first-order valence-corrected chi connectivity index (χ1v) is 14.5. The van der Waals surface area contributed by atoms with Gasteiger partial charge in [-0.05, 0) is 65.6 Å². The molecule has 0 aliphatic carbocycles. The average molecular weight is 582 g/mol. The van der Waals surface area contributed by atoms with Crippen molar-refractivity contribution in [3.8, 4) is 0 Å². The average Bonchev–Trinajstić information content (AvgIpc) is 3.47. The van der Waals surface area contributed by atoms with E-state index in [9.17, 15) is 14.4 Å². The Morgan fingerprint density at radius 3 is 2.43 bits per heavy atom. The van der Waals surface area contributed by atoms with Gasteiger partial charge in [-0.15, -0.1) is 11.8 Å². The van der Waals surface area contributed by atoms with E-state index in [-0.39, 0.29) is 24.8 Å². The summed E-state index contributed by atoms with van der Waals surface area (Å²) in [6.45, 7) is 2.04. The Kier molecular flexibility index (Phi) is 9.15. The molecule has 0 saturated carbocycles. The van der Waals surface area contributed by atoms with Crippen molar-refractivity contribution in [3.63, 3.8) is 0 Å². The van der Waals surface area contributed by atoms with Crippen molar-refractivity contribution in [2.45, 2.75) is 31.4 Å². The Bertz CT molecular complexity index is 1540. The fraction of sp³-hybridized carbons (Fsp3) is 0.188. The molecule has 1 saturated heterocycles. The van der Waals surface area contributed by atoms with Crippen molar-refractivity contribution in [2.24, 2.45) is 5.84 Å². The summed E-state index contributed by atoms with van der Waals surface area (Å²) >= 11 is 1.49. The summed E-state index contributed by atoms with van der Waals surface area (Å²) in [5.41, 5.74) is 4.64. The van der Waals surface area contributed by atoms with Gasteiger partial charge in [0.25, 0.3) is 0 Å². The topological polar surface area (TPSA) is 118 Å². The number of aryl methyl sites for hydroxylation is 1. The highest BCUT2D eigenvalue weighted by Crippen LogP contribution is 2.42. The number of carbonyl (C=O) groups excluding carboxylic acids is 3. The summed E-state index contributed by atoms with van der Waals surface area (Å²) in [6.07, 6.45) is 2.86. The summed E-state index contributed by atoms with van der Waals surface area (Å²) in [5, 5.41) is 3.66. The van der Waals surface area contributed by atoms with Crippen LogP contribution in [0.1, 0.15) is 27.6 Å². The van der Waals surface area contributed by atoms with Gasteiger partial charge in [0.1, 0.15) is 18.0 Å². The highest BCUT2D eigenvalue weighted by molar-refractivity contribution is 7.99. The number of anilines is 2. The molecular formula is C32H31N5O4S. The molecule has 0 spiro atoms. The summed E-state index contributed by atoms with van der Waals surface area (Å²) in [5.74, 6) is 5.86. The van der Waals surface area contributed by atoms with Gasteiger partial charge < -0.3 is 10.1 Å². The fourth-order valence-electron chi connectivity index (χ4n) is 4.62. The van der Waals surface area contributed by atoms with E-state index < -0.39 is 17.5 Å². The second-order valence-corrected chi connectivity index (χ2v) is 11.0. The van der Waals surface area contributed by atoms with Crippen LogP contribution in [0.5, 0.6) is 0 Å². The van der Waals surface area contributed by atoms with Gasteiger partial charge in [-0.25, -0.2) is 15.6 Å². The zero-order chi connectivity index (χ0) is 29.5. The monoisotopic (exact) mass is 581 g/mol. The number of nitrogens with one attached hydrogen (secondary N) is 1. The molecule has 1 aliphatic rings. The van der Waals surface area contributed by atoms with Crippen molar-refractivity contribution in [2.75, 3.05) is 16.1 Å². The molecule has 2 unspecified atom stereocenters. The Balaban J connectivity index is 1.25. The molecule has 4 aromatic rings. The molecule has 2 heterocycles. The molecule has 1 aromatic heterocycles. The maximum absolute atomic E-state index is 13.5. The lowest BCUT2D eigenvalue weighted by Gasteiger charge is -2.28. The van der Waals surface area contributed by atoms with Gasteiger partial charge >= 0.3 is 6.09 Å². The van der Waals surface area contributed by atoms with Gasteiger partial charge in [0.15, 0.2) is 0 Å². The molecule has 214 valence electrons. The number of hydrazine groups is 1. The zero-order valence-corrected chi connectivity index (χ0v) is 23.9. The van der Waals surface area contributed by atoms with E-state index >= 15 is 0 Å². The highest BCUT2D eigenvalue weighted by atomic mass is 32.2. The predicted molar refractivity (Wildman–Crippen MR) is 163 cm³/mol. The Hall–Kier alpha value is -4.67.